The van der Waals surface area contributed by atoms with Gasteiger partial charge in [0.1, 0.15) is 5.75 Å². The lowest BCUT2D eigenvalue weighted by atomic mass is 10.00. The van der Waals surface area contributed by atoms with Gasteiger partial charge < -0.3 is 9.64 Å². The summed E-state index contributed by atoms with van der Waals surface area (Å²) in [5, 5.41) is 0. The molecule has 1 aliphatic rings. The zero-order valence-electron chi connectivity index (χ0n) is 14.0. The lowest BCUT2D eigenvalue weighted by Gasteiger charge is -2.31. The van der Waals surface area contributed by atoms with Crippen LogP contribution in [0.3, 0.4) is 0 Å². The number of hydrogen-bond donors (Lipinski definition) is 0. The summed E-state index contributed by atoms with van der Waals surface area (Å²) in [4.78, 5) is 14.8. The third kappa shape index (κ3) is 4.49. The van der Waals surface area contributed by atoms with Crippen LogP contribution in [0.1, 0.15) is 69.9 Å². The molecule has 1 heterocycles. The van der Waals surface area contributed by atoms with Crippen LogP contribution < -0.4 is 4.74 Å². The second-order valence-corrected chi connectivity index (χ2v) is 6.18. The smallest absolute Gasteiger partial charge is 0.223 e. The monoisotopic (exact) mass is 303 g/mol. The van der Waals surface area contributed by atoms with E-state index < -0.39 is 0 Å². The number of ether oxygens (including phenoxy) is 1. The molecule has 0 N–H and O–H groups in total. The van der Waals surface area contributed by atoms with E-state index in [1.807, 2.05) is 12.1 Å². The first-order valence-electron chi connectivity index (χ1n) is 8.69. The van der Waals surface area contributed by atoms with Gasteiger partial charge in [-0.1, -0.05) is 44.7 Å². The molecule has 2 rings (SSSR count). The van der Waals surface area contributed by atoms with Gasteiger partial charge in [-0.3, -0.25) is 4.79 Å². The van der Waals surface area contributed by atoms with Crippen LogP contribution in [0.15, 0.2) is 24.3 Å². The van der Waals surface area contributed by atoms with Gasteiger partial charge in [0.25, 0.3) is 0 Å². The van der Waals surface area contributed by atoms with Crippen molar-refractivity contribution >= 4 is 5.91 Å². The largest absolute Gasteiger partial charge is 0.497 e. The number of hydrogen-bond acceptors (Lipinski definition) is 2. The van der Waals surface area contributed by atoms with Crippen LogP contribution in [-0.4, -0.2) is 24.5 Å². The number of carbonyl (C=O) groups is 1. The molecule has 0 spiro atoms. The third-order valence-corrected chi connectivity index (χ3v) is 4.57. The molecule has 1 unspecified atom stereocenters. The van der Waals surface area contributed by atoms with Crippen LogP contribution in [0.25, 0.3) is 0 Å². The van der Waals surface area contributed by atoms with Crippen molar-refractivity contribution in [3.63, 3.8) is 0 Å². The van der Waals surface area contributed by atoms with E-state index in [1.54, 1.807) is 7.11 Å². The minimum atomic E-state index is 0.238. The van der Waals surface area contributed by atoms with Crippen LogP contribution in [0.4, 0.5) is 0 Å². The number of nitrogens with zero attached hydrogens (tertiary/aromatic N) is 1. The SMILES string of the molecule is CCCCCC(=O)N1CCCCCC1c1ccc(OC)cc1. The van der Waals surface area contributed by atoms with Gasteiger partial charge in [-0.25, -0.2) is 0 Å². The Morgan fingerprint density at radius 2 is 1.95 bits per heavy atom. The first kappa shape index (κ1) is 16.9. The summed E-state index contributed by atoms with van der Waals surface area (Å²) in [7, 11) is 1.68. The molecule has 1 atom stereocenters. The number of rotatable bonds is 6. The molecule has 1 aliphatic heterocycles. The Hall–Kier alpha value is -1.51. The zero-order chi connectivity index (χ0) is 15.8. The predicted molar refractivity (Wildman–Crippen MR) is 90.1 cm³/mol. The molecule has 1 aromatic carbocycles. The summed E-state index contributed by atoms with van der Waals surface area (Å²) < 4.78 is 5.24. The summed E-state index contributed by atoms with van der Waals surface area (Å²) in [6, 6.07) is 8.46. The Morgan fingerprint density at radius 3 is 2.64 bits per heavy atom. The molecule has 1 amide bonds. The number of carbonyl (C=O) groups excluding carboxylic acids is 1. The van der Waals surface area contributed by atoms with Crippen LogP contribution in [0.5, 0.6) is 5.75 Å². The number of amides is 1. The molecule has 0 radical (unpaired) electrons. The molecule has 122 valence electrons. The second-order valence-electron chi connectivity index (χ2n) is 6.18. The zero-order valence-corrected chi connectivity index (χ0v) is 14.0. The summed E-state index contributed by atoms with van der Waals surface area (Å²) >= 11 is 0. The predicted octanol–water partition coefficient (Wildman–Crippen LogP) is 4.72. The quantitative estimate of drug-likeness (QED) is 0.712. The first-order valence-corrected chi connectivity index (χ1v) is 8.69. The standard InChI is InChI=1S/C19H29NO2/c1-3-4-6-10-19(21)20-15-8-5-7-9-18(20)16-11-13-17(22-2)14-12-16/h11-14,18H,3-10,15H2,1-2H3. The first-order chi connectivity index (χ1) is 10.8. The molecule has 1 fully saturated rings. The number of methoxy groups -OCH3 is 1. The minimum absolute atomic E-state index is 0.238. The third-order valence-electron chi connectivity index (χ3n) is 4.57. The highest BCUT2D eigenvalue weighted by atomic mass is 16.5. The topological polar surface area (TPSA) is 29.5 Å². The summed E-state index contributed by atoms with van der Waals surface area (Å²) in [5.74, 6) is 1.20. The van der Waals surface area contributed by atoms with Crippen molar-refractivity contribution in [1.29, 1.82) is 0 Å². The van der Waals surface area contributed by atoms with Gasteiger partial charge >= 0.3 is 0 Å². The van der Waals surface area contributed by atoms with Crippen LogP contribution in [-0.2, 0) is 4.79 Å². The molecule has 0 aliphatic carbocycles. The lowest BCUT2D eigenvalue weighted by Crippen LogP contribution is -2.34. The Bertz CT molecular complexity index is 455. The summed E-state index contributed by atoms with van der Waals surface area (Å²) in [5.41, 5.74) is 1.24. The Morgan fingerprint density at radius 1 is 1.18 bits per heavy atom. The molecule has 3 heteroatoms. The van der Waals surface area contributed by atoms with Gasteiger partial charge in [0.2, 0.25) is 5.91 Å². The molecular formula is C19H29NO2. The van der Waals surface area contributed by atoms with E-state index in [1.165, 1.54) is 18.4 Å². The van der Waals surface area contributed by atoms with E-state index in [0.717, 1.165) is 44.4 Å². The molecular weight excluding hydrogens is 274 g/mol. The van der Waals surface area contributed by atoms with Gasteiger partial charge in [-0.15, -0.1) is 0 Å². The van der Waals surface area contributed by atoms with Crippen molar-refractivity contribution < 1.29 is 9.53 Å². The molecule has 22 heavy (non-hydrogen) atoms. The minimum Gasteiger partial charge on any atom is -0.497 e. The van der Waals surface area contributed by atoms with E-state index in [9.17, 15) is 4.79 Å². The van der Waals surface area contributed by atoms with Crippen molar-refractivity contribution in [2.24, 2.45) is 0 Å². The van der Waals surface area contributed by atoms with E-state index in [0.29, 0.717) is 12.3 Å². The summed E-state index contributed by atoms with van der Waals surface area (Å²) in [6.07, 6.45) is 8.66. The normalized spacial score (nSPS) is 18.8. The van der Waals surface area contributed by atoms with E-state index >= 15 is 0 Å². The number of likely N-dealkylation sites (tertiary alicyclic amines) is 1. The number of unbranched alkanes of at least 4 members (excludes halogenated alkanes) is 2. The van der Waals surface area contributed by atoms with Crippen molar-refractivity contribution in [3.8, 4) is 5.75 Å². The fourth-order valence-corrected chi connectivity index (χ4v) is 3.25. The second kappa shape index (κ2) is 8.82. The molecule has 3 nitrogen and oxygen atoms in total. The van der Waals surface area contributed by atoms with E-state index in [-0.39, 0.29) is 6.04 Å². The van der Waals surface area contributed by atoms with Gasteiger partial charge in [0.15, 0.2) is 0 Å². The van der Waals surface area contributed by atoms with Crippen molar-refractivity contribution in [3.05, 3.63) is 29.8 Å². The van der Waals surface area contributed by atoms with Gasteiger partial charge in [-0.2, -0.15) is 0 Å². The molecule has 0 aromatic heterocycles. The average molecular weight is 303 g/mol. The van der Waals surface area contributed by atoms with Gasteiger partial charge in [0, 0.05) is 13.0 Å². The van der Waals surface area contributed by atoms with Crippen molar-refractivity contribution in [1.82, 2.24) is 4.90 Å². The van der Waals surface area contributed by atoms with Crippen LogP contribution in [0.2, 0.25) is 0 Å². The maximum atomic E-state index is 12.6. The lowest BCUT2D eigenvalue weighted by molar-refractivity contribution is -0.133. The molecule has 1 saturated heterocycles. The van der Waals surface area contributed by atoms with Gasteiger partial charge in [0.05, 0.1) is 13.2 Å². The average Bonchev–Trinajstić information content (AvgIpc) is 2.81. The Labute approximate surface area is 134 Å². The molecule has 0 saturated carbocycles. The Balaban J connectivity index is 2.10. The maximum Gasteiger partial charge on any atom is 0.223 e. The highest BCUT2D eigenvalue weighted by Crippen LogP contribution is 2.31. The van der Waals surface area contributed by atoms with E-state index in [2.05, 4.69) is 24.0 Å². The summed E-state index contributed by atoms with van der Waals surface area (Å²) in [6.45, 7) is 3.08. The fraction of sp³-hybridized carbons (Fsp3) is 0.632. The van der Waals surface area contributed by atoms with E-state index in [4.69, 9.17) is 4.74 Å². The number of benzene rings is 1. The molecule has 1 aromatic rings. The van der Waals surface area contributed by atoms with Crippen LogP contribution >= 0.6 is 0 Å². The highest BCUT2D eigenvalue weighted by molar-refractivity contribution is 5.76. The molecule has 0 bridgehead atoms. The van der Waals surface area contributed by atoms with Crippen molar-refractivity contribution in [2.75, 3.05) is 13.7 Å². The van der Waals surface area contributed by atoms with Crippen molar-refractivity contribution in [2.45, 2.75) is 64.3 Å². The maximum absolute atomic E-state index is 12.6. The fourth-order valence-electron chi connectivity index (χ4n) is 3.25. The van der Waals surface area contributed by atoms with Gasteiger partial charge in [-0.05, 0) is 37.0 Å². The van der Waals surface area contributed by atoms with Crippen LogP contribution in [0, 0.1) is 0 Å². The highest BCUT2D eigenvalue weighted by Gasteiger charge is 2.26. The Kier molecular flexibility index (Phi) is 6.75.